The number of hydrogen-bond acceptors (Lipinski definition) is 0. The summed E-state index contributed by atoms with van der Waals surface area (Å²) in [6, 6.07) is 9.71. The van der Waals surface area contributed by atoms with E-state index < -0.39 is 0 Å². The predicted octanol–water partition coefficient (Wildman–Crippen LogP) is 2.11. The summed E-state index contributed by atoms with van der Waals surface area (Å²) in [6.07, 6.45) is 2.44. The van der Waals surface area contributed by atoms with Crippen LogP contribution in [0.3, 0.4) is 0 Å². The van der Waals surface area contributed by atoms with Crippen molar-refractivity contribution in [3.8, 4) is 0 Å². The number of hydrogen-bond donors (Lipinski definition) is 1. The zero-order valence-electron chi connectivity index (χ0n) is 9.59. The third kappa shape index (κ3) is 3.93. The fourth-order valence-corrected chi connectivity index (χ4v) is 1.50. The summed E-state index contributed by atoms with van der Waals surface area (Å²) in [7, 11) is 0. The Bertz CT molecular complexity index is 248. The highest BCUT2D eigenvalue weighted by molar-refractivity contribution is 5.21. The number of nitrogens with two attached hydrogens (primary N) is 1. The second-order valence-corrected chi connectivity index (χ2v) is 4.25. The molecule has 0 aliphatic rings. The van der Waals surface area contributed by atoms with Gasteiger partial charge < -0.3 is 5.32 Å². The third-order valence-corrected chi connectivity index (χ3v) is 2.39. The average Bonchev–Trinajstić information content (AvgIpc) is 2.17. The fourth-order valence-electron chi connectivity index (χ4n) is 1.50. The Labute approximate surface area is 87.5 Å². The van der Waals surface area contributed by atoms with E-state index in [1.54, 1.807) is 0 Å². The van der Waals surface area contributed by atoms with Gasteiger partial charge in [-0.1, -0.05) is 37.6 Å². The Morgan fingerprint density at radius 3 is 2.14 bits per heavy atom. The van der Waals surface area contributed by atoms with Crippen molar-refractivity contribution in [3.05, 3.63) is 35.4 Å². The van der Waals surface area contributed by atoms with Crippen LogP contribution in [0.1, 0.15) is 38.3 Å². The van der Waals surface area contributed by atoms with Crippen molar-refractivity contribution in [2.45, 2.75) is 46.2 Å². The molecule has 1 aromatic rings. The van der Waals surface area contributed by atoms with Crippen molar-refractivity contribution in [2.75, 3.05) is 0 Å². The van der Waals surface area contributed by atoms with Gasteiger partial charge in [0, 0.05) is 5.56 Å². The normalized spacial score (nSPS) is 10.9. The van der Waals surface area contributed by atoms with E-state index in [2.05, 4.69) is 50.4 Å². The SMILES string of the molecule is CCCc1ccc(C[NH2+]C(C)C)cc1. The van der Waals surface area contributed by atoms with E-state index in [0.717, 1.165) is 6.54 Å². The van der Waals surface area contributed by atoms with E-state index in [0.29, 0.717) is 6.04 Å². The Morgan fingerprint density at radius 1 is 1.07 bits per heavy atom. The van der Waals surface area contributed by atoms with Crippen molar-refractivity contribution >= 4 is 0 Å². The molecule has 14 heavy (non-hydrogen) atoms. The van der Waals surface area contributed by atoms with Crippen molar-refractivity contribution in [1.82, 2.24) is 0 Å². The van der Waals surface area contributed by atoms with E-state index in [1.165, 1.54) is 24.0 Å². The second-order valence-electron chi connectivity index (χ2n) is 4.25. The van der Waals surface area contributed by atoms with E-state index >= 15 is 0 Å². The first-order valence-corrected chi connectivity index (χ1v) is 5.63. The molecular weight excluding hydrogens is 170 g/mol. The van der Waals surface area contributed by atoms with Crippen LogP contribution in [0.15, 0.2) is 24.3 Å². The maximum Gasteiger partial charge on any atom is 0.101 e. The van der Waals surface area contributed by atoms with Crippen LogP contribution < -0.4 is 5.32 Å². The van der Waals surface area contributed by atoms with Crippen molar-refractivity contribution in [2.24, 2.45) is 0 Å². The molecule has 0 aliphatic carbocycles. The van der Waals surface area contributed by atoms with Gasteiger partial charge in [0.15, 0.2) is 0 Å². The molecule has 0 unspecified atom stereocenters. The average molecular weight is 192 g/mol. The third-order valence-electron chi connectivity index (χ3n) is 2.39. The van der Waals surface area contributed by atoms with Crippen LogP contribution >= 0.6 is 0 Å². The van der Waals surface area contributed by atoms with Crippen LogP contribution in [0, 0.1) is 0 Å². The molecule has 0 heterocycles. The molecule has 78 valence electrons. The summed E-state index contributed by atoms with van der Waals surface area (Å²) in [5.74, 6) is 0. The van der Waals surface area contributed by atoms with E-state index in [9.17, 15) is 0 Å². The van der Waals surface area contributed by atoms with Crippen molar-refractivity contribution in [1.29, 1.82) is 0 Å². The highest BCUT2D eigenvalue weighted by Gasteiger charge is 1.98. The zero-order valence-corrected chi connectivity index (χ0v) is 9.59. The fraction of sp³-hybridized carbons (Fsp3) is 0.538. The van der Waals surface area contributed by atoms with Gasteiger partial charge in [0.25, 0.3) is 0 Å². The summed E-state index contributed by atoms with van der Waals surface area (Å²) in [4.78, 5) is 0. The summed E-state index contributed by atoms with van der Waals surface area (Å²) in [5, 5.41) is 2.36. The molecule has 1 nitrogen and oxygen atoms in total. The highest BCUT2D eigenvalue weighted by Crippen LogP contribution is 2.05. The minimum Gasteiger partial charge on any atom is -0.341 e. The first kappa shape index (κ1) is 11.3. The Morgan fingerprint density at radius 2 is 1.64 bits per heavy atom. The molecule has 2 N–H and O–H groups in total. The number of benzene rings is 1. The Balaban J connectivity index is 2.46. The highest BCUT2D eigenvalue weighted by atomic mass is 14.9. The molecular formula is C13H22N+. The first-order chi connectivity index (χ1) is 6.72. The van der Waals surface area contributed by atoms with Gasteiger partial charge in [0.05, 0.1) is 6.04 Å². The van der Waals surface area contributed by atoms with Gasteiger partial charge in [-0.15, -0.1) is 0 Å². The van der Waals surface area contributed by atoms with Crippen LogP contribution in [0.25, 0.3) is 0 Å². The van der Waals surface area contributed by atoms with Crippen molar-refractivity contribution < 1.29 is 5.32 Å². The maximum absolute atomic E-state index is 2.36. The quantitative estimate of drug-likeness (QED) is 0.736. The lowest BCUT2D eigenvalue weighted by atomic mass is 10.1. The molecule has 0 saturated heterocycles. The Hall–Kier alpha value is -0.820. The van der Waals surface area contributed by atoms with E-state index in [1.807, 2.05) is 0 Å². The standard InChI is InChI=1S/C13H21N/c1-4-5-12-6-8-13(9-7-12)10-14-11(2)3/h6-9,11,14H,4-5,10H2,1-3H3/p+1. The minimum absolute atomic E-state index is 0.685. The monoisotopic (exact) mass is 192 g/mol. The van der Waals surface area contributed by atoms with Crippen molar-refractivity contribution in [3.63, 3.8) is 0 Å². The van der Waals surface area contributed by atoms with Gasteiger partial charge in [-0.2, -0.15) is 0 Å². The van der Waals surface area contributed by atoms with E-state index in [4.69, 9.17) is 0 Å². The summed E-state index contributed by atoms with van der Waals surface area (Å²) in [6.45, 7) is 7.78. The smallest absolute Gasteiger partial charge is 0.101 e. The van der Waals surface area contributed by atoms with Crippen LogP contribution in [0.2, 0.25) is 0 Å². The van der Waals surface area contributed by atoms with E-state index in [-0.39, 0.29) is 0 Å². The topological polar surface area (TPSA) is 16.6 Å². The molecule has 0 saturated carbocycles. The lowest BCUT2D eigenvalue weighted by Gasteiger charge is -2.05. The molecule has 0 amide bonds. The largest absolute Gasteiger partial charge is 0.341 e. The molecule has 1 rings (SSSR count). The zero-order chi connectivity index (χ0) is 10.4. The number of aryl methyl sites for hydroxylation is 1. The molecule has 1 aromatic carbocycles. The van der Waals surface area contributed by atoms with Gasteiger partial charge in [0.2, 0.25) is 0 Å². The first-order valence-electron chi connectivity index (χ1n) is 5.63. The summed E-state index contributed by atoms with van der Waals surface area (Å²) >= 11 is 0. The molecule has 0 bridgehead atoms. The van der Waals surface area contributed by atoms with Gasteiger partial charge in [-0.05, 0) is 25.8 Å². The van der Waals surface area contributed by atoms with Crippen LogP contribution in [-0.4, -0.2) is 6.04 Å². The lowest BCUT2D eigenvalue weighted by Crippen LogP contribution is -2.86. The van der Waals surface area contributed by atoms with Crippen LogP contribution in [-0.2, 0) is 13.0 Å². The summed E-state index contributed by atoms with van der Waals surface area (Å²) < 4.78 is 0. The molecule has 0 atom stereocenters. The Kier molecular flexibility index (Phi) is 4.68. The number of rotatable bonds is 5. The molecule has 0 spiro atoms. The van der Waals surface area contributed by atoms with Crippen LogP contribution in [0.5, 0.6) is 0 Å². The van der Waals surface area contributed by atoms with Gasteiger partial charge >= 0.3 is 0 Å². The molecule has 1 heteroatoms. The molecule has 0 fully saturated rings. The molecule has 0 radical (unpaired) electrons. The van der Waals surface area contributed by atoms with Gasteiger partial charge in [-0.25, -0.2) is 0 Å². The predicted molar refractivity (Wildman–Crippen MR) is 61.2 cm³/mol. The maximum atomic E-state index is 2.36. The molecule has 0 aromatic heterocycles. The number of quaternary nitrogens is 1. The van der Waals surface area contributed by atoms with Gasteiger partial charge in [0.1, 0.15) is 6.54 Å². The minimum atomic E-state index is 0.685. The second kappa shape index (κ2) is 5.82. The van der Waals surface area contributed by atoms with Gasteiger partial charge in [-0.3, -0.25) is 0 Å². The lowest BCUT2D eigenvalue weighted by molar-refractivity contribution is -0.698. The molecule has 0 aliphatic heterocycles. The van der Waals surface area contributed by atoms with Crippen LogP contribution in [0.4, 0.5) is 0 Å². The summed E-state index contributed by atoms with van der Waals surface area (Å²) in [5.41, 5.74) is 2.89.